The van der Waals surface area contributed by atoms with E-state index in [0.717, 1.165) is 48.0 Å². The lowest BCUT2D eigenvalue weighted by Gasteiger charge is -2.14. The fourth-order valence-corrected chi connectivity index (χ4v) is 4.92. The van der Waals surface area contributed by atoms with Crippen molar-refractivity contribution in [3.8, 4) is 5.75 Å². The number of amidine groups is 1. The molecule has 0 bridgehead atoms. The van der Waals surface area contributed by atoms with Gasteiger partial charge in [0.1, 0.15) is 10.1 Å². The maximum atomic E-state index is 12.7. The summed E-state index contributed by atoms with van der Waals surface area (Å²) < 4.78 is 5.74. The van der Waals surface area contributed by atoms with Crippen LogP contribution in [0.4, 0.5) is 0 Å². The number of thiocarbonyl (C=S) groups is 1. The van der Waals surface area contributed by atoms with Gasteiger partial charge in [0.15, 0.2) is 5.17 Å². The van der Waals surface area contributed by atoms with E-state index in [4.69, 9.17) is 17.0 Å². The second-order valence-electron chi connectivity index (χ2n) is 6.50. The number of nitrogens with one attached hydrogen (secondary N) is 1. The molecule has 1 aromatic carbocycles. The monoisotopic (exact) mass is 449 g/mol. The lowest BCUT2D eigenvalue weighted by molar-refractivity contribution is -0.122. The van der Waals surface area contributed by atoms with E-state index in [1.165, 1.54) is 11.8 Å². The van der Waals surface area contributed by atoms with Gasteiger partial charge in [-0.2, -0.15) is 0 Å². The molecule has 0 aliphatic carbocycles. The highest BCUT2D eigenvalue weighted by Gasteiger charge is 2.31. The third-order valence-corrected chi connectivity index (χ3v) is 6.67. The van der Waals surface area contributed by atoms with Gasteiger partial charge in [-0.25, -0.2) is 0 Å². The van der Waals surface area contributed by atoms with E-state index >= 15 is 0 Å². The predicted molar refractivity (Wildman–Crippen MR) is 124 cm³/mol. The summed E-state index contributed by atoms with van der Waals surface area (Å²) in [7, 11) is 1.62. The molecule has 0 saturated carbocycles. The number of benzene rings is 1. The van der Waals surface area contributed by atoms with Crippen molar-refractivity contribution in [3.63, 3.8) is 0 Å². The van der Waals surface area contributed by atoms with E-state index in [0.29, 0.717) is 22.2 Å². The van der Waals surface area contributed by atoms with Crippen LogP contribution >= 0.6 is 35.7 Å². The van der Waals surface area contributed by atoms with Crippen LogP contribution in [0.15, 0.2) is 34.2 Å². The van der Waals surface area contributed by atoms with Gasteiger partial charge in [-0.15, -0.1) is 0 Å². The molecule has 6 nitrogen and oxygen atoms in total. The molecule has 2 aliphatic heterocycles. The Hall–Kier alpha value is -1.84. The number of carbonyl (C=O) groups excluding carboxylic acids is 2. The second kappa shape index (κ2) is 10.8. The van der Waals surface area contributed by atoms with Gasteiger partial charge in [-0.05, 0) is 36.6 Å². The van der Waals surface area contributed by atoms with Crippen molar-refractivity contribution in [3.05, 3.63) is 34.7 Å². The average Bonchev–Trinajstić information content (AvgIpc) is 3.31. The molecule has 0 aromatic heterocycles. The molecule has 2 heterocycles. The van der Waals surface area contributed by atoms with Crippen LogP contribution in [-0.2, 0) is 9.59 Å². The van der Waals surface area contributed by atoms with Gasteiger partial charge in [-0.1, -0.05) is 54.3 Å². The van der Waals surface area contributed by atoms with Crippen molar-refractivity contribution in [2.24, 2.45) is 4.99 Å². The Morgan fingerprint density at radius 1 is 1.31 bits per heavy atom. The van der Waals surface area contributed by atoms with Crippen molar-refractivity contribution < 1.29 is 14.3 Å². The average molecular weight is 450 g/mol. The Bertz CT molecular complexity index is 837. The minimum absolute atomic E-state index is 0.00573. The van der Waals surface area contributed by atoms with Gasteiger partial charge < -0.3 is 10.1 Å². The number of hydrogen-bond acceptors (Lipinski definition) is 7. The summed E-state index contributed by atoms with van der Waals surface area (Å²) >= 11 is 8.29. The van der Waals surface area contributed by atoms with E-state index in [9.17, 15) is 9.59 Å². The Morgan fingerprint density at radius 2 is 2.10 bits per heavy atom. The van der Waals surface area contributed by atoms with Gasteiger partial charge in [0.2, 0.25) is 5.91 Å². The molecule has 9 heteroatoms. The molecule has 1 fully saturated rings. The summed E-state index contributed by atoms with van der Waals surface area (Å²) in [5.74, 6) is 1.67. The zero-order valence-corrected chi connectivity index (χ0v) is 18.6. The summed E-state index contributed by atoms with van der Waals surface area (Å²) in [6, 6.07) is 7.54. The quantitative estimate of drug-likeness (QED) is 0.371. The van der Waals surface area contributed by atoms with Gasteiger partial charge in [0.25, 0.3) is 5.91 Å². The lowest BCUT2D eigenvalue weighted by atomic mass is 10.1. The van der Waals surface area contributed by atoms with E-state index in [1.807, 2.05) is 30.3 Å². The van der Waals surface area contributed by atoms with Crippen LogP contribution in [0.2, 0.25) is 0 Å². The Kier molecular flexibility index (Phi) is 8.14. The molecule has 0 unspecified atom stereocenters. The van der Waals surface area contributed by atoms with Crippen molar-refractivity contribution in [1.29, 1.82) is 0 Å². The molecule has 3 rings (SSSR count). The first-order valence-corrected chi connectivity index (χ1v) is 11.6. The summed E-state index contributed by atoms with van der Waals surface area (Å²) in [6.45, 7) is 1.35. The van der Waals surface area contributed by atoms with Crippen LogP contribution in [0, 0.1) is 0 Å². The third kappa shape index (κ3) is 6.32. The van der Waals surface area contributed by atoms with E-state index in [1.54, 1.807) is 23.8 Å². The van der Waals surface area contributed by atoms with Crippen molar-refractivity contribution in [2.75, 3.05) is 26.0 Å². The van der Waals surface area contributed by atoms with Crippen molar-refractivity contribution in [1.82, 2.24) is 10.2 Å². The Morgan fingerprint density at radius 3 is 2.79 bits per heavy atom. The fourth-order valence-electron chi connectivity index (χ4n) is 2.87. The smallest absolute Gasteiger partial charge is 0.266 e. The predicted octanol–water partition coefficient (Wildman–Crippen LogP) is 3.68. The number of unbranched alkanes of at least 4 members (excludes halogenated alkanes) is 2. The largest absolute Gasteiger partial charge is 0.497 e. The minimum Gasteiger partial charge on any atom is -0.497 e. The highest BCUT2D eigenvalue weighted by atomic mass is 32.2. The number of amides is 2. The molecular weight excluding hydrogens is 426 g/mol. The van der Waals surface area contributed by atoms with E-state index < -0.39 is 0 Å². The van der Waals surface area contributed by atoms with Crippen LogP contribution in [0.5, 0.6) is 5.75 Å². The Balaban J connectivity index is 1.41. The summed E-state index contributed by atoms with van der Waals surface area (Å²) in [4.78, 5) is 31.0. The van der Waals surface area contributed by atoms with Crippen LogP contribution in [0.3, 0.4) is 0 Å². The molecule has 1 saturated heterocycles. The maximum Gasteiger partial charge on any atom is 0.266 e. The fraction of sp³-hybridized carbons (Fsp3) is 0.400. The van der Waals surface area contributed by atoms with Crippen molar-refractivity contribution in [2.45, 2.75) is 25.7 Å². The minimum atomic E-state index is -0.0511. The summed E-state index contributed by atoms with van der Waals surface area (Å²) in [5.41, 5.74) is 0.933. The van der Waals surface area contributed by atoms with Crippen LogP contribution in [0.1, 0.15) is 31.2 Å². The number of hydrogen-bond donors (Lipinski definition) is 1. The first-order valence-electron chi connectivity index (χ1n) is 9.43. The second-order valence-corrected chi connectivity index (χ2v) is 9.26. The van der Waals surface area contributed by atoms with Crippen molar-refractivity contribution >= 4 is 63.1 Å². The molecule has 2 aliphatic rings. The molecule has 1 N–H and O–H groups in total. The molecular formula is C20H23N3O3S3. The van der Waals surface area contributed by atoms with Crippen LogP contribution < -0.4 is 10.1 Å². The first-order chi connectivity index (χ1) is 14.1. The number of aliphatic imine (C=N–C) groups is 1. The highest BCUT2D eigenvalue weighted by Crippen LogP contribution is 2.33. The maximum absolute atomic E-state index is 12.7. The molecule has 29 heavy (non-hydrogen) atoms. The van der Waals surface area contributed by atoms with E-state index in [-0.39, 0.29) is 11.8 Å². The lowest BCUT2D eigenvalue weighted by Crippen LogP contribution is -2.29. The summed E-state index contributed by atoms with van der Waals surface area (Å²) in [5, 5.41) is 3.56. The standard InChI is InChI=1S/C20H23N3O3S3/c1-26-15-8-6-14(7-9-15)13-16-18(25)23(20(27)29-16)11-4-2-3-5-17(24)22-19-21-10-12-28-19/h6-9,13H,2-5,10-12H2,1H3,(H,21,22,24)/b16-13-. The van der Waals surface area contributed by atoms with Gasteiger partial charge in [0.05, 0.1) is 18.6 Å². The first kappa shape index (κ1) is 21.9. The molecule has 1 aromatic rings. The third-order valence-electron chi connectivity index (χ3n) is 4.40. The molecule has 154 valence electrons. The molecule has 0 spiro atoms. The zero-order chi connectivity index (χ0) is 20.6. The summed E-state index contributed by atoms with van der Waals surface area (Å²) in [6.07, 6.45) is 4.77. The molecule has 0 atom stereocenters. The molecule has 0 radical (unpaired) electrons. The van der Waals surface area contributed by atoms with E-state index in [2.05, 4.69) is 10.3 Å². The van der Waals surface area contributed by atoms with Gasteiger partial charge >= 0.3 is 0 Å². The van der Waals surface area contributed by atoms with Crippen LogP contribution in [0.25, 0.3) is 6.08 Å². The topological polar surface area (TPSA) is 71.0 Å². The number of methoxy groups -OCH3 is 1. The number of nitrogens with zero attached hydrogens (tertiary/aromatic N) is 2. The highest BCUT2D eigenvalue weighted by molar-refractivity contribution is 8.26. The number of carbonyl (C=O) groups is 2. The SMILES string of the molecule is COc1ccc(/C=C2\SC(=S)N(CCCCCC(=O)NC3=NCCS3)C2=O)cc1. The number of thioether (sulfide) groups is 2. The zero-order valence-electron chi connectivity index (χ0n) is 16.2. The van der Waals surface area contributed by atoms with Gasteiger partial charge in [0, 0.05) is 18.7 Å². The Labute approximate surface area is 184 Å². The number of ether oxygens (including phenoxy) is 1. The van der Waals surface area contributed by atoms with Gasteiger partial charge in [-0.3, -0.25) is 19.5 Å². The van der Waals surface area contributed by atoms with Crippen LogP contribution in [-0.4, -0.2) is 52.2 Å². The number of rotatable bonds is 8. The molecule has 2 amide bonds. The normalized spacial score (nSPS) is 17.8.